The van der Waals surface area contributed by atoms with E-state index in [1.165, 1.54) is 7.11 Å². The summed E-state index contributed by atoms with van der Waals surface area (Å²) in [5.41, 5.74) is 2.72. The van der Waals surface area contributed by atoms with Crippen molar-refractivity contribution in [2.24, 2.45) is 11.8 Å². The van der Waals surface area contributed by atoms with Crippen LogP contribution in [0.15, 0.2) is 48.5 Å². The molecule has 1 N–H and O–H groups in total. The highest BCUT2D eigenvalue weighted by Gasteiger charge is 2.47. The topological polar surface area (TPSA) is 79.2 Å². The lowest BCUT2D eigenvalue weighted by Gasteiger charge is -2.10. The number of ketones is 1. The molecule has 3 rings (SSSR count). The molecule has 1 aliphatic carbocycles. The zero-order valence-corrected chi connectivity index (χ0v) is 14.7. The first-order valence-corrected chi connectivity index (χ1v) is 8.48. The molecular formula is C21H20N2O3. The van der Waals surface area contributed by atoms with Crippen molar-refractivity contribution >= 4 is 17.4 Å². The fourth-order valence-electron chi connectivity index (χ4n) is 3.16. The van der Waals surface area contributed by atoms with Crippen LogP contribution in [0, 0.1) is 30.1 Å². The van der Waals surface area contributed by atoms with Crippen LogP contribution in [0.3, 0.4) is 0 Å². The van der Waals surface area contributed by atoms with Gasteiger partial charge in [-0.3, -0.25) is 9.59 Å². The molecule has 0 aromatic heterocycles. The SMILES string of the molecule is COc1cccc(NC(=O)[C@H](C#N)C(=O)[C@@H]2C[C@H]2c2cccc(C)c2)c1. The number of nitriles is 1. The maximum absolute atomic E-state index is 12.7. The van der Waals surface area contributed by atoms with Crippen molar-refractivity contribution in [3.63, 3.8) is 0 Å². The lowest BCUT2D eigenvalue weighted by Crippen LogP contribution is -2.30. The van der Waals surface area contributed by atoms with Crippen molar-refractivity contribution in [2.75, 3.05) is 12.4 Å². The summed E-state index contributed by atoms with van der Waals surface area (Å²) in [6, 6.07) is 16.7. The molecule has 1 fully saturated rings. The Morgan fingerprint density at radius 2 is 2.00 bits per heavy atom. The van der Waals surface area contributed by atoms with Gasteiger partial charge in [0.15, 0.2) is 11.7 Å². The maximum Gasteiger partial charge on any atom is 0.249 e. The summed E-state index contributed by atoms with van der Waals surface area (Å²) in [5.74, 6) is -1.79. The molecule has 0 bridgehead atoms. The van der Waals surface area contributed by atoms with E-state index < -0.39 is 11.8 Å². The Morgan fingerprint density at radius 1 is 1.23 bits per heavy atom. The average Bonchev–Trinajstić information content (AvgIpc) is 3.43. The number of amides is 1. The summed E-state index contributed by atoms with van der Waals surface area (Å²) < 4.78 is 5.11. The monoisotopic (exact) mass is 348 g/mol. The van der Waals surface area contributed by atoms with Crippen molar-refractivity contribution < 1.29 is 14.3 Å². The Hall–Kier alpha value is -3.13. The minimum atomic E-state index is -1.30. The van der Waals surface area contributed by atoms with Crippen molar-refractivity contribution in [2.45, 2.75) is 19.3 Å². The van der Waals surface area contributed by atoms with Crippen LogP contribution in [0.4, 0.5) is 5.69 Å². The molecule has 3 atom stereocenters. The molecular weight excluding hydrogens is 328 g/mol. The average molecular weight is 348 g/mol. The summed E-state index contributed by atoms with van der Waals surface area (Å²) in [4.78, 5) is 25.1. The number of carbonyl (C=O) groups is 2. The number of aryl methyl sites for hydroxylation is 1. The summed E-state index contributed by atoms with van der Waals surface area (Å²) in [6.07, 6.45) is 0.687. The van der Waals surface area contributed by atoms with E-state index in [1.807, 2.05) is 31.2 Å². The maximum atomic E-state index is 12.7. The van der Waals surface area contributed by atoms with E-state index in [1.54, 1.807) is 24.3 Å². The molecule has 5 nitrogen and oxygen atoms in total. The van der Waals surface area contributed by atoms with Gasteiger partial charge in [0.2, 0.25) is 5.91 Å². The number of rotatable bonds is 6. The highest BCUT2D eigenvalue weighted by molar-refractivity contribution is 6.11. The van der Waals surface area contributed by atoms with E-state index in [9.17, 15) is 14.9 Å². The van der Waals surface area contributed by atoms with E-state index in [4.69, 9.17) is 4.74 Å². The van der Waals surface area contributed by atoms with Gasteiger partial charge in [0.1, 0.15) is 5.75 Å². The molecule has 1 aliphatic rings. The fraction of sp³-hybridized carbons (Fsp3) is 0.286. The predicted octanol–water partition coefficient (Wildman–Crippen LogP) is 3.45. The second kappa shape index (κ2) is 7.40. The first-order valence-electron chi connectivity index (χ1n) is 8.48. The number of methoxy groups -OCH3 is 1. The minimum Gasteiger partial charge on any atom is -0.497 e. The van der Waals surface area contributed by atoms with Gasteiger partial charge in [0.05, 0.1) is 13.2 Å². The highest BCUT2D eigenvalue weighted by Crippen LogP contribution is 2.49. The molecule has 1 amide bonds. The van der Waals surface area contributed by atoms with Crippen LogP contribution in [-0.4, -0.2) is 18.8 Å². The predicted molar refractivity (Wildman–Crippen MR) is 97.8 cm³/mol. The Kier molecular flexibility index (Phi) is 5.04. The lowest BCUT2D eigenvalue weighted by atomic mass is 9.97. The third-order valence-corrected chi connectivity index (χ3v) is 4.64. The van der Waals surface area contributed by atoms with Crippen molar-refractivity contribution in [1.29, 1.82) is 5.26 Å². The Bertz CT molecular complexity index is 885. The largest absolute Gasteiger partial charge is 0.497 e. The van der Waals surface area contributed by atoms with Gasteiger partial charge in [0.25, 0.3) is 0 Å². The van der Waals surface area contributed by atoms with Crippen LogP contribution in [0.25, 0.3) is 0 Å². The highest BCUT2D eigenvalue weighted by atomic mass is 16.5. The lowest BCUT2D eigenvalue weighted by molar-refractivity contribution is -0.129. The summed E-state index contributed by atoms with van der Waals surface area (Å²) >= 11 is 0. The third-order valence-electron chi connectivity index (χ3n) is 4.64. The molecule has 0 saturated heterocycles. The molecule has 26 heavy (non-hydrogen) atoms. The number of Topliss-reactive ketones (excluding diaryl/α,β-unsaturated/α-hetero) is 1. The van der Waals surface area contributed by atoms with Crippen LogP contribution in [0.2, 0.25) is 0 Å². The number of benzene rings is 2. The Morgan fingerprint density at radius 3 is 2.69 bits per heavy atom. The number of ether oxygens (including phenoxy) is 1. The van der Waals surface area contributed by atoms with Gasteiger partial charge < -0.3 is 10.1 Å². The van der Waals surface area contributed by atoms with E-state index >= 15 is 0 Å². The standard InChI is InChI=1S/C21H20N2O3/c1-13-5-3-6-14(9-13)17-11-18(17)20(24)19(12-22)21(25)23-15-7-4-8-16(10-15)26-2/h3-10,17-19H,11H2,1-2H3,(H,23,25)/t17-,18+,19+/m0/s1. The first kappa shape index (κ1) is 17.7. The molecule has 0 radical (unpaired) electrons. The van der Waals surface area contributed by atoms with E-state index in [2.05, 4.69) is 11.4 Å². The van der Waals surface area contributed by atoms with Gasteiger partial charge in [-0.15, -0.1) is 0 Å². The smallest absolute Gasteiger partial charge is 0.249 e. The number of hydrogen-bond acceptors (Lipinski definition) is 4. The molecule has 2 aromatic rings. The van der Waals surface area contributed by atoms with Gasteiger partial charge in [0, 0.05) is 17.7 Å². The number of hydrogen-bond donors (Lipinski definition) is 1. The van der Waals surface area contributed by atoms with Gasteiger partial charge in [-0.1, -0.05) is 35.9 Å². The number of nitrogens with one attached hydrogen (secondary N) is 1. The van der Waals surface area contributed by atoms with Gasteiger partial charge in [-0.2, -0.15) is 5.26 Å². The van der Waals surface area contributed by atoms with Crippen LogP contribution in [-0.2, 0) is 9.59 Å². The Balaban J connectivity index is 1.68. The molecule has 2 aromatic carbocycles. The molecule has 132 valence electrons. The second-order valence-electron chi connectivity index (χ2n) is 6.55. The van der Waals surface area contributed by atoms with E-state index in [0.29, 0.717) is 17.9 Å². The minimum absolute atomic E-state index is 0.0999. The third kappa shape index (κ3) is 3.75. The molecule has 0 spiro atoms. The quantitative estimate of drug-likeness (QED) is 0.811. The van der Waals surface area contributed by atoms with Crippen molar-refractivity contribution in [3.8, 4) is 11.8 Å². The number of anilines is 1. The normalized spacial score (nSPS) is 19.1. The van der Waals surface area contributed by atoms with Gasteiger partial charge in [-0.25, -0.2) is 0 Å². The van der Waals surface area contributed by atoms with E-state index in [0.717, 1.165) is 11.1 Å². The molecule has 0 heterocycles. The van der Waals surface area contributed by atoms with Crippen molar-refractivity contribution in [3.05, 3.63) is 59.7 Å². The van der Waals surface area contributed by atoms with Crippen LogP contribution in [0.5, 0.6) is 5.75 Å². The second-order valence-corrected chi connectivity index (χ2v) is 6.55. The molecule has 1 saturated carbocycles. The molecule has 0 aliphatic heterocycles. The number of nitrogens with zero attached hydrogens (tertiary/aromatic N) is 1. The zero-order chi connectivity index (χ0) is 18.7. The molecule has 0 unspecified atom stereocenters. The summed E-state index contributed by atoms with van der Waals surface area (Å²) in [5, 5.41) is 12.0. The zero-order valence-electron chi connectivity index (χ0n) is 14.7. The van der Waals surface area contributed by atoms with E-state index in [-0.39, 0.29) is 17.6 Å². The van der Waals surface area contributed by atoms with Gasteiger partial charge >= 0.3 is 0 Å². The van der Waals surface area contributed by atoms with Gasteiger partial charge in [-0.05, 0) is 37.0 Å². The summed E-state index contributed by atoms with van der Waals surface area (Å²) in [6.45, 7) is 2.00. The summed E-state index contributed by atoms with van der Waals surface area (Å²) in [7, 11) is 1.53. The Labute approximate surface area is 152 Å². The van der Waals surface area contributed by atoms with Crippen LogP contribution >= 0.6 is 0 Å². The van der Waals surface area contributed by atoms with Crippen LogP contribution in [0.1, 0.15) is 23.5 Å². The molecule has 5 heteroatoms. The van der Waals surface area contributed by atoms with Crippen LogP contribution < -0.4 is 10.1 Å². The van der Waals surface area contributed by atoms with Crippen molar-refractivity contribution in [1.82, 2.24) is 0 Å². The fourth-order valence-corrected chi connectivity index (χ4v) is 3.16. The first-order chi connectivity index (χ1) is 12.5. The number of carbonyl (C=O) groups excluding carboxylic acids is 2.